The number of benzene rings is 1. The molecule has 0 saturated heterocycles. The first kappa shape index (κ1) is 11.2. The van der Waals surface area contributed by atoms with Crippen LogP contribution in [0.4, 0.5) is 0 Å². The summed E-state index contributed by atoms with van der Waals surface area (Å²) in [6.07, 6.45) is -0.403. The van der Waals surface area contributed by atoms with E-state index >= 15 is 0 Å². The van der Waals surface area contributed by atoms with Crippen LogP contribution in [0.25, 0.3) is 0 Å². The van der Waals surface area contributed by atoms with Crippen molar-refractivity contribution in [1.29, 1.82) is 0 Å². The molecule has 1 aromatic carbocycles. The van der Waals surface area contributed by atoms with Crippen molar-refractivity contribution in [2.45, 2.75) is 12.5 Å². The molecule has 80 valence electrons. The van der Waals surface area contributed by atoms with Crippen LogP contribution >= 0.6 is 0 Å². The molecule has 0 aliphatic rings. The van der Waals surface area contributed by atoms with Crippen LogP contribution in [0.5, 0.6) is 5.75 Å². The van der Waals surface area contributed by atoms with Gasteiger partial charge in [-0.2, -0.15) is 0 Å². The summed E-state index contributed by atoms with van der Waals surface area (Å²) >= 11 is 0. The number of nitrogens with two attached hydrogens (primary N) is 1. The van der Waals surface area contributed by atoms with Crippen molar-refractivity contribution in [3.05, 3.63) is 29.8 Å². The van der Waals surface area contributed by atoms with Crippen molar-refractivity contribution in [3.8, 4) is 5.75 Å². The number of aliphatic carboxylic acids is 1. The number of hydrogen-bond donors (Lipinski definition) is 3. The minimum Gasteiger partial charge on any atom is -0.508 e. The summed E-state index contributed by atoms with van der Waals surface area (Å²) in [5.74, 6) is -1.52. The van der Waals surface area contributed by atoms with Crippen LogP contribution in [-0.4, -0.2) is 28.0 Å². The Bertz CT molecular complexity index is 372. The van der Waals surface area contributed by atoms with Crippen LogP contribution in [0.3, 0.4) is 0 Å². The molecular formula is C10H11NO4. The van der Waals surface area contributed by atoms with Crippen LogP contribution in [-0.2, 0) is 4.79 Å². The Kier molecular flexibility index (Phi) is 3.41. The van der Waals surface area contributed by atoms with E-state index in [2.05, 4.69) is 0 Å². The highest BCUT2D eigenvalue weighted by molar-refractivity contribution is 6.01. The fourth-order valence-electron chi connectivity index (χ4n) is 1.12. The molecule has 0 saturated carbocycles. The van der Waals surface area contributed by atoms with Crippen molar-refractivity contribution >= 4 is 11.8 Å². The highest BCUT2D eigenvalue weighted by Gasteiger charge is 2.18. The number of Topliss-reactive ketones (excluding diaryl/α,β-unsaturated/α-hetero) is 1. The Morgan fingerprint density at radius 3 is 2.27 bits per heavy atom. The Balaban J connectivity index is 2.76. The van der Waals surface area contributed by atoms with Crippen molar-refractivity contribution < 1.29 is 19.8 Å². The van der Waals surface area contributed by atoms with Crippen LogP contribution < -0.4 is 5.73 Å². The average Bonchev–Trinajstić information content (AvgIpc) is 2.17. The van der Waals surface area contributed by atoms with Gasteiger partial charge in [0.2, 0.25) is 0 Å². The van der Waals surface area contributed by atoms with Crippen LogP contribution in [0.1, 0.15) is 16.8 Å². The highest BCUT2D eigenvalue weighted by Crippen LogP contribution is 2.11. The monoisotopic (exact) mass is 209 g/mol. The van der Waals surface area contributed by atoms with E-state index in [9.17, 15) is 9.59 Å². The van der Waals surface area contributed by atoms with Gasteiger partial charge in [0.05, 0.1) is 12.5 Å². The zero-order valence-electron chi connectivity index (χ0n) is 7.88. The smallest absolute Gasteiger partial charge is 0.305 e. The van der Waals surface area contributed by atoms with Crippen molar-refractivity contribution in [2.75, 3.05) is 0 Å². The summed E-state index contributed by atoms with van der Waals surface area (Å²) < 4.78 is 0. The first-order chi connectivity index (χ1) is 7.00. The van der Waals surface area contributed by atoms with Crippen molar-refractivity contribution in [3.63, 3.8) is 0 Å². The van der Waals surface area contributed by atoms with E-state index in [0.717, 1.165) is 0 Å². The van der Waals surface area contributed by atoms with Crippen LogP contribution in [0.2, 0.25) is 0 Å². The molecule has 0 aromatic heterocycles. The van der Waals surface area contributed by atoms with E-state index in [1.54, 1.807) is 0 Å². The fraction of sp³-hybridized carbons (Fsp3) is 0.200. The summed E-state index contributed by atoms with van der Waals surface area (Å²) in [7, 11) is 0. The maximum Gasteiger partial charge on any atom is 0.305 e. The van der Waals surface area contributed by atoms with E-state index in [0.29, 0.717) is 5.56 Å². The van der Waals surface area contributed by atoms with Gasteiger partial charge in [-0.3, -0.25) is 9.59 Å². The number of carboxylic acid groups (broad SMARTS) is 1. The molecule has 5 nitrogen and oxygen atoms in total. The number of phenols is 1. The molecule has 4 N–H and O–H groups in total. The largest absolute Gasteiger partial charge is 0.508 e. The van der Waals surface area contributed by atoms with Gasteiger partial charge in [-0.25, -0.2) is 0 Å². The predicted octanol–water partition coefficient (Wildman–Crippen LogP) is 0.377. The number of phenolic OH excluding ortho intramolecular Hbond substituents is 1. The Labute approximate surface area is 86.1 Å². The summed E-state index contributed by atoms with van der Waals surface area (Å²) in [5.41, 5.74) is 5.69. The zero-order valence-corrected chi connectivity index (χ0v) is 7.88. The first-order valence-electron chi connectivity index (χ1n) is 4.31. The maximum absolute atomic E-state index is 11.5. The minimum absolute atomic E-state index is 0.0401. The van der Waals surface area contributed by atoms with E-state index in [1.165, 1.54) is 24.3 Å². The van der Waals surface area contributed by atoms with Gasteiger partial charge < -0.3 is 15.9 Å². The van der Waals surface area contributed by atoms with Crippen molar-refractivity contribution in [1.82, 2.24) is 0 Å². The number of carboxylic acids is 1. The van der Waals surface area contributed by atoms with E-state index in [-0.39, 0.29) is 5.75 Å². The van der Waals surface area contributed by atoms with Gasteiger partial charge in [0, 0.05) is 5.56 Å². The summed E-state index contributed by atoms with van der Waals surface area (Å²) in [6.45, 7) is 0. The lowest BCUT2D eigenvalue weighted by Gasteiger charge is -2.07. The minimum atomic E-state index is -1.12. The molecule has 0 unspecified atom stereocenters. The number of aromatic hydroxyl groups is 1. The van der Waals surface area contributed by atoms with Gasteiger partial charge >= 0.3 is 5.97 Å². The predicted molar refractivity (Wildman–Crippen MR) is 52.7 cm³/mol. The second-order valence-electron chi connectivity index (χ2n) is 3.12. The van der Waals surface area contributed by atoms with Gasteiger partial charge in [-0.1, -0.05) is 0 Å². The van der Waals surface area contributed by atoms with Gasteiger partial charge in [-0.05, 0) is 24.3 Å². The van der Waals surface area contributed by atoms with Crippen LogP contribution in [0, 0.1) is 0 Å². The van der Waals surface area contributed by atoms with Crippen LogP contribution in [0.15, 0.2) is 24.3 Å². The molecule has 15 heavy (non-hydrogen) atoms. The third kappa shape index (κ3) is 3.07. The zero-order chi connectivity index (χ0) is 11.4. The molecule has 1 atom stereocenters. The fourth-order valence-corrected chi connectivity index (χ4v) is 1.12. The Morgan fingerprint density at radius 1 is 1.27 bits per heavy atom. The highest BCUT2D eigenvalue weighted by atomic mass is 16.4. The average molecular weight is 209 g/mol. The lowest BCUT2D eigenvalue weighted by Crippen LogP contribution is -2.32. The SMILES string of the molecule is N[C@H](CC(=O)O)C(=O)c1ccc(O)cc1. The van der Waals surface area contributed by atoms with Gasteiger partial charge in [0.1, 0.15) is 5.75 Å². The summed E-state index contributed by atoms with van der Waals surface area (Å²) in [4.78, 5) is 21.8. The van der Waals surface area contributed by atoms with E-state index in [1.807, 2.05) is 0 Å². The summed E-state index contributed by atoms with van der Waals surface area (Å²) in [6, 6.07) is 4.45. The normalized spacial score (nSPS) is 12.1. The maximum atomic E-state index is 11.5. The number of rotatable bonds is 4. The second-order valence-corrected chi connectivity index (χ2v) is 3.12. The van der Waals surface area contributed by atoms with E-state index < -0.39 is 24.2 Å². The molecule has 0 heterocycles. The Morgan fingerprint density at radius 2 is 1.80 bits per heavy atom. The quantitative estimate of drug-likeness (QED) is 0.622. The second kappa shape index (κ2) is 4.56. The number of carbonyl (C=O) groups is 2. The molecule has 5 heteroatoms. The lowest BCUT2D eigenvalue weighted by atomic mass is 10.0. The standard InChI is InChI=1S/C10H11NO4/c11-8(5-9(13)14)10(15)6-1-3-7(12)4-2-6/h1-4,8,12H,5,11H2,(H,13,14)/t8-/m1/s1. The molecule has 0 fully saturated rings. The Hall–Kier alpha value is -1.88. The molecule has 1 aromatic rings. The topological polar surface area (TPSA) is 101 Å². The summed E-state index contributed by atoms with van der Waals surface area (Å²) in [5, 5.41) is 17.4. The number of ketones is 1. The molecular weight excluding hydrogens is 198 g/mol. The van der Waals surface area contributed by atoms with Gasteiger partial charge in [0.25, 0.3) is 0 Å². The third-order valence-electron chi connectivity index (χ3n) is 1.88. The van der Waals surface area contributed by atoms with Crippen molar-refractivity contribution in [2.24, 2.45) is 5.73 Å². The lowest BCUT2D eigenvalue weighted by molar-refractivity contribution is -0.137. The number of carbonyl (C=O) groups excluding carboxylic acids is 1. The first-order valence-corrected chi connectivity index (χ1v) is 4.31. The molecule has 0 aliphatic carbocycles. The molecule has 0 aliphatic heterocycles. The molecule has 0 spiro atoms. The van der Waals surface area contributed by atoms with E-state index in [4.69, 9.17) is 15.9 Å². The number of hydrogen-bond acceptors (Lipinski definition) is 4. The van der Waals surface area contributed by atoms with Gasteiger partial charge in [-0.15, -0.1) is 0 Å². The molecule has 0 amide bonds. The third-order valence-corrected chi connectivity index (χ3v) is 1.88. The molecule has 1 rings (SSSR count). The van der Waals surface area contributed by atoms with Gasteiger partial charge in [0.15, 0.2) is 5.78 Å². The molecule has 0 bridgehead atoms. The molecule has 0 radical (unpaired) electrons.